The Labute approximate surface area is 152 Å². The van der Waals surface area contributed by atoms with Gasteiger partial charge in [-0.2, -0.15) is 13.2 Å². The van der Waals surface area contributed by atoms with Crippen LogP contribution in [0, 0.1) is 5.92 Å². The van der Waals surface area contributed by atoms with Crippen LogP contribution < -0.4 is 10.2 Å². The summed E-state index contributed by atoms with van der Waals surface area (Å²) in [6.07, 6.45) is 0.573. The molecule has 1 unspecified atom stereocenters. The van der Waals surface area contributed by atoms with E-state index < -0.39 is 11.7 Å². The molecule has 2 aromatic carbocycles. The van der Waals surface area contributed by atoms with Gasteiger partial charge in [0.2, 0.25) is 0 Å². The zero-order valence-corrected chi connectivity index (χ0v) is 14.8. The average Bonchev–Trinajstić information content (AvgIpc) is 3.44. The fourth-order valence-corrected chi connectivity index (χ4v) is 3.75. The third-order valence-electron chi connectivity index (χ3n) is 5.53. The second-order valence-corrected chi connectivity index (χ2v) is 7.42. The van der Waals surface area contributed by atoms with Gasteiger partial charge in [-0.25, -0.2) is 0 Å². The third-order valence-corrected chi connectivity index (χ3v) is 5.53. The minimum Gasteiger partial charge on any atom is -0.345 e. The van der Waals surface area contributed by atoms with Gasteiger partial charge >= 0.3 is 6.18 Å². The van der Waals surface area contributed by atoms with E-state index >= 15 is 0 Å². The highest BCUT2D eigenvalue weighted by molar-refractivity contribution is 5.64. The molecule has 0 amide bonds. The lowest BCUT2D eigenvalue weighted by Crippen LogP contribution is -2.30. The molecule has 1 saturated carbocycles. The molecule has 5 heteroatoms. The fourth-order valence-electron chi connectivity index (χ4n) is 3.75. The first-order valence-electron chi connectivity index (χ1n) is 9.19. The number of hydrogen-bond acceptors (Lipinski definition) is 2. The van der Waals surface area contributed by atoms with Crippen LogP contribution >= 0.6 is 0 Å². The molecular formula is C21H23F3N2. The molecule has 26 heavy (non-hydrogen) atoms. The molecule has 1 aliphatic heterocycles. The van der Waals surface area contributed by atoms with Crippen LogP contribution in [0.2, 0.25) is 0 Å². The summed E-state index contributed by atoms with van der Waals surface area (Å²) in [7, 11) is 1.90. The second-order valence-electron chi connectivity index (χ2n) is 7.42. The second kappa shape index (κ2) is 6.62. The van der Waals surface area contributed by atoms with Gasteiger partial charge in [0.15, 0.2) is 0 Å². The maximum atomic E-state index is 12.8. The van der Waals surface area contributed by atoms with Crippen LogP contribution in [-0.4, -0.2) is 13.6 Å². The first-order valence-corrected chi connectivity index (χ1v) is 9.19. The van der Waals surface area contributed by atoms with E-state index in [-0.39, 0.29) is 0 Å². The zero-order chi connectivity index (χ0) is 18.3. The van der Waals surface area contributed by atoms with Crippen molar-refractivity contribution < 1.29 is 13.2 Å². The molecular weight excluding hydrogens is 337 g/mol. The summed E-state index contributed by atoms with van der Waals surface area (Å²) >= 11 is 0. The molecule has 1 aliphatic carbocycles. The van der Waals surface area contributed by atoms with Crippen LogP contribution in [0.15, 0.2) is 42.5 Å². The molecule has 2 aliphatic rings. The van der Waals surface area contributed by atoms with Gasteiger partial charge in [0, 0.05) is 24.5 Å². The minimum atomic E-state index is -4.30. The van der Waals surface area contributed by atoms with Crippen molar-refractivity contribution in [2.75, 3.05) is 18.5 Å². The fraction of sp³-hybridized carbons (Fsp3) is 0.429. The smallest absolute Gasteiger partial charge is 0.345 e. The number of alkyl halides is 3. The number of benzene rings is 2. The number of anilines is 2. The quantitative estimate of drug-likeness (QED) is 0.779. The van der Waals surface area contributed by atoms with Crippen molar-refractivity contribution in [1.82, 2.24) is 5.32 Å². The topological polar surface area (TPSA) is 15.3 Å². The lowest BCUT2D eigenvalue weighted by Gasteiger charge is -2.29. The van der Waals surface area contributed by atoms with Crippen molar-refractivity contribution in [1.29, 1.82) is 0 Å². The van der Waals surface area contributed by atoms with Crippen molar-refractivity contribution in [2.24, 2.45) is 5.92 Å². The molecule has 1 N–H and O–H groups in total. The lowest BCUT2D eigenvalue weighted by molar-refractivity contribution is -0.137. The van der Waals surface area contributed by atoms with Crippen molar-refractivity contribution in [3.05, 3.63) is 59.2 Å². The molecule has 138 valence electrons. The molecule has 1 heterocycles. The Morgan fingerprint density at radius 2 is 1.73 bits per heavy atom. The normalized spacial score (nSPS) is 19.9. The molecule has 0 radical (unpaired) electrons. The summed E-state index contributed by atoms with van der Waals surface area (Å²) in [4.78, 5) is 1.95. The van der Waals surface area contributed by atoms with Gasteiger partial charge in [-0.05, 0) is 72.8 Å². The first kappa shape index (κ1) is 17.4. The van der Waals surface area contributed by atoms with E-state index in [1.165, 1.54) is 42.5 Å². The van der Waals surface area contributed by atoms with Gasteiger partial charge in [0.25, 0.3) is 0 Å². The van der Waals surface area contributed by atoms with Crippen molar-refractivity contribution in [2.45, 2.75) is 37.9 Å². The summed E-state index contributed by atoms with van der Waals surface area (Å²) < 4.78 is 38.3. The lowest BCUT2D eigenvalue weighted by atomic mass is 9.90. The van der Waals surface area contributed by atoms with Gasteiger partial charge in [-0.15, -0.1) is 0 Å². The van der Waals surface area contributed by atoms with Crippen LogP contribution in [0.4, 0.5) is 24.5 Å². The molecule has 0 saturated heterocycles. The monoisotopic (exact) mass is 360 g/mol. The maximum Gasteiger partial charge on any atom is 0.416 e. The van der Waals surface area contributed by atoms with E-state index in [2.05, 4.69) is 23.5 Å². The summed E-state index contributed by atoms with van der Waals surface area (Å²) in [5, 5.41) is 3.63. The number of nitrogens with zero attached hydrogens (tertiary/aromatic N) is 1. The van der Waals surface area contributed by atoms with Crippen molar-refractivity contribution in [3.8, 4) is 0 Å². The van der Waals surface area contributed by atoms with Crippen LogP contribution in [0.1, 0.15) is 42.0 Å². The predicted molar refractivity (Wildman–Crippen MR) is 97.7 cm³/mol. The van der Waals surface area contributed by atoms with E-state index in [0.717, 1.165) is 42.4 Å². The standard InChI is InChI=1S/C21H23F3N2/c1-26(17-8-5-16(6-9-17)21(22,23)24)18-7-4-15-10-11-25-20(19(15)13-18)12-14-2-3-14/h4-9,13-14,20,25H,2-3,10-12H2,1H3. The number of fused-ring (bicyclic) bond motifs is 1. The van der Waals surface area contributed by atoms with E-state index in [4.69, 9.17) is 0 Å². The van der Waals surface area contributed by atoms with Crippen LogP contribution in [0.5, 0.6) is 0 Å². The summed E-state index contributed by atoms with van der Waals surface area (Å²) in [6, 6.07) is 12.2. The Kier molecular flexibility index (Phi) is 4.43. The Balaban J connectivity index is 1.59. The number of rotatable bonds is 4. The highest BCUT2D eigenvalue weighted by Crippen LogP contribution is 2.40. The highest BCUT2D eigenvalue weighted by Gasteiger charge is 2.31. The summed E-state index contributed by atoms with van der Waals surface area (Å²) in [6.45, 7) is 1.01. The molecule has 1 fully saturated rings. The van der Waals surface area contributed by atoms with Gasteiger partial charge in [0.05, 0.1) is 5.56 Å². The Morgan fingerprint density at radius 3 is 2.38 bits per heavy atom. The van der Waals surface area contributed by atoms with E-state index in [1.807, 2.05) is 11.9 Å². The van der Waals surface area contributed by atoms with Crippen LogP contribution in [0.25, 0.3) is 0 Å². The number of nitrogens with one attached hydrogen (secondary N) is 1. The third kappa shape index (κ3) is 3.58. The summed E-state index contributed by atoms with van der Waals surface area (Å²) in [5.41, 5.74) is 3.88. The molecule has 2 nitrogen and oxygen atoms in total. The maximum absolute atomic E-state index is 12.8. The largest absolute Gasteiger partial charge is 0.416 e. The number of halogens is 3. The SMILES string of the molecule is CN(c1ccc(C(F)(F)F)cc1)c1ccc2c(c1)C(CC1CC1)NCC2. The molecule has 0 aromatic heterocycles. The van der Waals surface area contributed by atoms with E-state index in [9.17, 15) is 13.2 Å². The molecule has 2 aromatic rings. The predicted octanol–water partition coefficient (Wildman–Crippen LogP) is 5.46. The Morgan fingerprint density at radius 1 is 1.04 bits per heavy atom. The number of hydrogen-bond donors (Lipinski definition) is 1. The highest BCUT2D eigenvalue weighted by atomic mass is 19.4. The van der Waals surface area contributed by atoms with Crippen LogP contribution in [-0.2, 0) is 12.6 Å². The first-order chi connectivity index (χ1) is 12.4. The van der Waals surface area contributed by atoms with Gasteiger partial charge in [-0.1, -0.05) is 18.9 Å². The zero-order valence-electron chi connectivity index (χ0n) is 14.8. The van der Waals surface area contributed by atoms with Gasteiger partial charge in [0.1, 0.15) is 0 Å². The van der Waals surface area contributed by atoms with Gasteiger partial charge < -0.3 is 10.2 Å². The minimum absolute atomic E-state index is 0.396. The van der Waals surface area contributed by atoms with E-state index in [0.29, 0.717) is 6.04 Å². The molecule has 1 atom stereocenters. The van der Waals surface area contributed by atoms with Crippen LogP contribution in [0.3, 0.4) is 0 Å². The Hall–Kier alpha value is -2.01. The Bertz CT molecular complexity index is 779. The molecule has 4 rings (SSSR count). The van der Waals surface area contributed by atoms with Crippen molar-refractivity contribution in [3.63, 3.8) is 0 Å². The average molecular weight is 360 g/mol. The van der Waals surface area contributed by atoms with E-state index in [1.54, 1.807) is 0 Å². The van der Waals surface area contributed by atoms with Crippen molar-refractivity contribution >= 4 is 11.4 Å². The summed E-state index contributed by atoms with van der Waals surface area (Å²) in [5.74, 6) is 0.842. The molecule has 0 spiro atoms. The molecule has 0 bridgehead atoms. The van der Waals surface area contributed by atoms with Gasteiger partial charge in [-0.3, -0.25) is 0 Å².